The summed E-state index contributed by atoms with van der Waals surface area (Å²) in [4.78, 5) is 17.0. The Balaban J connectivity index is 1.55. The van der Waals surface area contributed by atoms with Gasteiger partial charge in [0, 0.05) is 10.9 Å². The summed E-state index contributed by atoms with van der Waals surface area (Å²) in [5.74, 6) is 0.387. The van der Waals surface area contributed by atoms with Crippen molar-refractivity contribution in [2.24, 2.45) is 0 Å². The van der Waals surface area contributed by atoms with Crippen molar-refractivity contribution in [2.45, 2.75) is 10.2 Å². The lowest BCUT2D eigenvalue weighted by molar-refractivity contribution is 0.645. The third kappa shape index (κ3) is 2.95. The molecule has 2 aromatic carbocycles. The molecule has 0 N–H and O–H groups in total. The highest BCUT2D eigenvalue weighted by atomic mass is 32.2. The lowest BCUT2D eigenvalue weighted by Gasteiger charge is -2.02. The van der Waals surface area contributed by atoms with Crippen molar-refractivity contribution >= 4 is 34.0 Å². The van der Waals surface area contributed by atoms with Crippen LogP contribution in [0, 0.1) is 0 Å². The van der Waals surface area contributed by atoms with Crippen LogP contribution in [-0.4, -0.2) is 20.0 Å². The summed E-state index contributed by atoms with van der Waals surface area (Å²) >= 11 is 3.04. The molecule has 0 aliphatic carbocycles. The Morgan fingerprint density at radius 3 is 2.71 bits per heavy atom. The molecule has 5 nitrogen and oxygen atoms in total. The van der Waals surface area contributed by atoms with Crippen LogP contribution in [0.5, 0.6) is 0 Å². The molecule has 0 unspecified atom stereocenters. The van der Waals surface area contributed by atoms with Gasteiger partial charge >= 0.3 is 0 Å². The summed E-state index contributed by atoms with van der Waals surface area (Å²) < 4.78 is 2.27. The van der Waals surface area contributed by atoms with Crippen molar-refractivity contribution in [3.8, 4) is 11.3 Å². The molecule has 118 valence electrons. The first kappa shape index (κ1) is 15.0. The van der Waals surface area contributed by atoms with Gasteiger partial charge in [0.1, 0.15) is 5.52 Å². The number of rotatable bonds is 4. The first-order chi connectivity index (χ1) is 11.8. The minimum Gasteiger partial charge on any atom is -0.267 e. The summed E-state index contributed by atoms with van der Waals surface area (Å²) in [5, 5.41) is 10.7. The Morgan fingerprint density at radius 1 is 1.04 bits per heavy atom. The molecule has 2 aromatic heterocycles. The van der Waals surface area contributed by atoms with Crippen LogP contribution in [0.15, 0.2) is 69.1 Å². The normalized spacial score (nSPS) is 11.0. The minimum atomic E-state index is -0.132. The van der Waals surface area contributed by atoms with Gasteiger partial charge in [-0.2, -0.15) is 4.68 Å². The summed E-state index contributed by atoms with van der Waals surface area (Å²) in [7, 11) is 0. The average molecular weight is 352 g/mol. The zero-order valence-corrected chi connectivity index (χ0v) is 14.1. The summed E-state index contributed by atoms with van der Waals surface area (Å²) in [6.45, 7) is 0. The lowest BCUT2D eigenvalue weighted by Crippen LogP contribution is -2.23. The van der Waals surface area contributed by atoms with E-state index in [1.54, 1.807) is 23.5 Å². The Hall–Kier alpha value is -2.51. The quantitative estimate of drug-likeness (QED) is 0.525. The minimum absolute atomic E-state index is 0.132. The molecule has 0 saturated heterocycles. The van der Waals surface area contributed by atoms with Gasteiger partial charge in [-0.3, -0.25) is 4.79 Å². The van der Waals surface area contributed by atoms with E-state index in [-0.39, 0.29) is 5.56 Å². The number of nitrogens with zero attached hydrogens (tertiary/aromatic N) is 4. The van der Waals surface area contributed by atoms with E-state index in [1.807, 2.05) is 47.8 Å². The zero-order chi connectivity index (χ0) is 16.4. The molecule has 0 bridgehead atoms. The number of hydrogen-bond acceptors (Lipinski definition) is 6. The molecule has 24 heavy (non-hydrogen) atoms. The number of hydrogen-bond donors (Lipinski definition) is 0. The van der Waals surface area contributed by atoms with Gasteiger partial charge in [-0.05, 0) is 12.1 Å². The first-order valence-corrected chi connectivity index (χ1v) is 9.14. The van der Waals surface area contributed by atoms with Crippen molar-refractivity contribution in [1.29, 1.82) is 0 Å². The predicted octanol–water partition coefficient (Wildman–Crippen LogP) is 3.66. The van der Waals surface area contributed by atoms with E-state index >= 15 is 0 Å². The highest BCUT2D eigenvalue weighted by Crippen LogP contribution is 2.28. The van der Waals surface area contributed by atoms with Crippen LogP contribution in [0.1, 0.15) is 0 Å². The molecule has 4 rings (SSSR count). The smallest absolute Gasteiger partial charge is 0.267 e. The zero-order valence-electron chi connectivity index (χ0n) is 12.5. The van der Waals surface area contributed by atoms with E-state index < -0.39 is 0 Å². The van der Waals surface area contributed by atoms with Crippen molar-refractivity contribution < 1.29 is 0 Å². The third-order valence-electron chi connectivity index (χ3n) is 3.49. The molecule has 0 fully saturated rings. The molecule has 0 spiro atoms. The molecule has 2 heterocycles. The average Bonchev–Trinajstić information content (AvgIpc) is 3.11. The van der Waals surface area contributed by atoms with Gasteiger partial charge < -0.3 is 0 Å². The van der Waals surface area contributed by atoms with Crippen molar-refractivity contribution in [2.75, 3.05) is 0 Å². The van der Waals surface area contributed by atoms with Gasteiger partial charge in [-0.25, -0.2) is 4.98 Å². The van der Waals surface area contributed by atoms with Crippen LogP contribution in [0.3, 0.4) is 0 Å². The van der Waals surface area contributed by atoms with E-state index in [2.05, 4.69) is 15.3 Å². The van der Waals surface area contributed by atoms with Gasteiger partial charge in [-0.15, -0.1) is 16.4 Å². The molecule has 0 amide bonds. The highest BCUT2D eigenvalue weighted by molar-refractivity contribution is 8.00. The van der Waals surface area contributed by atoms with E-state index in [0.717, 1.165) is 15.6 Å². The Morgan fingerprint density at radius 2 is 1.83 bits per heavy atom. The van der Waals surface area contributed by atoms with Crippen LogP contribution in [0.4, 0.5) is 0 Å². The van der Waals surface area contributed by atoms with Crippen LogP contribution in [-0.2, 0) is 5.88 Å². The number of thioether (sulfide) groups is 1. The SMILES string of the molecule is O=c1c2ccccc2nnn1CSc1nc(-c2ccccc2)cs1. The standard InChI is InChI=1S/C17H12N4OS2/c22-16-13-8-4-5-9-14(13)19-20-21(16)11-24-17-18-15(10-23-17)12-6-2-1-3-7-12/h1-10H,11H2. The maximum atomic E-state index is 12.4. The fourth-order valence-corrected chi connectivity index (χ4v) is 3.98. The summed E-state index contributed by atoms with van der Waals surface area (Å²) in [5.41, 5.74) is 2.51. The number of aromatic nitrogens is 4. The van der Waals surface area contributed by atoms with Crippen LogP contribution >= 0.6 is 23.1 Å². The van der Waals surface area contributed by atoms with E-state index in [9.17, 15) is 4.79 Å². The molecule has 0 radical (unpaired) electrons. The lowest BCUT2D eigenvalue weighted by atomic mass is 10.2. The highest BCUT2D eigenvalue weighted by Gasteiger charge is 2.08. The van der Waals surface area contributed by atoms with Gasteiger partial charge in [0.15, 0.2) is 4.34 Å². The largest absolute Gasteiger partial charge is 0.278 e. The Labute approximate surface area is 146 Å². The van der Waals surface area contributed by atoms with Crippen molar-refractivity contribution in [1.82, 2.24) is 20.0 Å². The number of fused-ring (bicyclic) bond motifs is 1. The molecule has 0 aliphatic heterocycles. The molecular weight excluding hydrogens is 340 g/mol. The fraction of sp³-hybridized carbons (Fsp3) is 0.0588. The van der Waals surface area contributed by atoms with Gasteiger partial charge in [0.05, 0.1) is 17.0 Å². The van der Waals surface area contributed by atoms with E-state index in [1.165, 1.54) is 16.4 Å². The van der Waals surface area contributed by atoms with Crippen LogP contribution in [0.2, 0.25) is 0 Å². The molecule has 4 aromatic rings. The van der Waals surface area contributed by atoms with Crippen LogP contribution in [0.25, 0.3) is 22.2 Å². The van der Waals surface area contributed by atoms with Crippen LogP contribution < -0.4 is 5.56 Å². The van der Waals surface area contributed by atoms with Gasteiger partial charge in [0.25, 0.3) is 5.56 Å². The Kier molecular flexibility index (Phi) is 4.10. The maximum absolute atomic E-state index is 12.4. The van der Waals surface area contributed by atoms with E-state index in [0.29, 0.717) is 16.8 Å². The third-order valence-corrected chi connectivity index (χ3v) is 5.48. The fourth-order valence-electron chi connectivity index (χ4n) is 2.29. The second kappa shape index (κ2) is 6.54. The maximum Gasteiger partial charge on any atom is 0.278 e. The molecule has 0 atom stereocenters. The molecule has 0 aliphatic rings. The van der Waals surface area contributed by atoms with Crippen molar-refractivity contribution in [3.63, 3.8) is 0 Å². The monoisotopic (exact) mass is 352 g/mol. The summed E-state index contributed by atoms with van der Waals surface area (Å²) in [6.07, 6.45) is 0. The van der Waals surface area contributed by atoms with Gasteiger partial charge in [0.2, 0.25) is 0 Å². The number of thiazole rings is 1. The second-order valence-corrected chi connectivity index (χ2v) is 7.10. The molecular formula is C17H12N4OS2. The molecule has 7 heteroatoms. The predicted molar refractivity (Wildman–Crippen MR) is 97.2 cm³/mol. The van der Waals surface area contributed by atoms with E-state index in [4.69, 9.17) is 0 Å². The second-order valence-electron chi connectivity index (χ2n) is 5.05. The van der Waals surface area contributed by atoms with Gasteiger partial charge in [-0.1, -0.05) is 59.4 Å². The number of benzene rings is 2. The summed E-state index contributed by atoms with van der Waals surface area (Å²) in [6, 6.07) is 17.3. The first-order valence-electron chi connectivity index (χ1n) is 7.27. The topological polar surface area (TPSA) is 60.7 Å². The Bertz CT molecular complexity index is 1040. The molecule has 0 saturated carbocycles. The van der Waals surface area contributed by atoms with Crippen molar-refractivity contribution in [3.05, 3.63) is 70.3 Å².